The molecule has 0 saturated carbocycles. The Balaban J connectivity index is 2.19. The normalized spacial score (nSPS) is 10.5. The van der Waals surface area contributed by atoms with Crippen molar-refractivity contribution < 1.29 is 18.7 Å². The highest BCUT2D eigenvalue weighted by Crippen LogP contribution is 2.32. The molecule has 2 aromatic carbocycles. The van der Waals surface area contributed by atoms with Crippen LogP contribution in [0.2, 0.25) is 0 Å². The number of hydrogen-bond acceptors (Lipinski definition) is 5. The molecule has 1 heterocycles. The van der Waals surface area contributed by atoms with Crippen molar-refractivity contribution in [2.45, 2.75) is 0 Å². The van der Waals surface area contributed by atoms with Crippen LogP contribution in [-0.2, 0) is 4.74 Å². The molecule has 0 aliphatic heterocycles. The number of rotatable bonds is 4. The summed E-state index contributed by atoms with van der Waals surface area (Å²) in [6.45, 7) is 0. The number of nitrogens with zero attached hydrogens (tertiary/aromatic N) is 1. The monoisotopic (exact) mass is 326 g/mol. The lowest BCUT2D eigenvalue weighted by Crippen LogP contribution is -2.06. The van der Waals surface area contributed by atoms with E-state index in [0.717, 1.165) is 5.39 Å². The molecule has 1 N–H and O–H groups in total. The number of carbonyl (C=O) groups excluding carboxylic acids is 1. The molecule has 6 heteroatoms. The van der Waals surface area contributed by atoms with Crippen LogP contribution in [0.1, 0.15) is 10.5 Å². The summed E-state index contributed by atoms with van der Waals surface area (Å²) in [5, 5.41) is 3.86. The number of para-hydroxylation sites is 1. The van der Waals surface area contributed by atoms with Crippen LogP contribution in [0.5, 0.6) is 5.75 Å². The Morgan fingerprint density at radius 3 is 2.62 bits per heavy atom. The Bertz CT molecular complexity index is 912. The average Bonchev–Trinajstić information content (AvgIpc) is 2.60. The van der Waals surface area contributed by atoms with Crippen LogP contribution in [0, 0.1) is 5.82 Å². The molecule has 0 unspecified atom stereocenters. The third-order valence-corrected chi connectivity index (χ3v) is 3.52. The van der Waals surface area contributed by atoms with E-state index in [1.165, 1.54) is 26.4 Å². The Morgan fingerprint density at radius 1 is 1.12 bits per heavy atom. The third kappa shape index (κ3) is 2.99. The molecular formula is C18H15FN2O3. The van der Waals surface area contributed by atoms with Crippen LogP contribution in [0.3, 0.4) is 0 Å². The van der Waals surface area contributed by atoms with Gasteiger partial charge < -0.3 is 14.8 Å². The number of pyridine rings is 1. The second-order valence-electron chi connectivity index (χ2n) is 5.04. The fraction of sp³-hybridized carbons (Fsp3) is 0.111. The van der Waals surface area contributed by atoms with Gasteiger partial charge in [0.15, 0.2) is 5.69 Å². The molecular weight excluding hydrogens is 311 g/mol. The molecule has 0 amide bonds. The SMILES string of the molecule is COC(=O)c1cc(Nc2cccc(F)c2)c2cccc(OC)c2n1. The number of methoxy groups -OCH3 is 2. The maximum absolute atomic E-state index is 13.4. The first-order chi connectivity index (χ1) is 11.6. The van der Waals surface area contributed by atoms with E-state index >= 15 is 0 Å². The quantitative estimate of drug-likeness (QED) is 0.737. The van der Waals surface area contributed by atoms with Crippen LogP contribution in [0.25, 0.3) is 10.9 Å². The van der Waals surface area contributed by atoms with Crippen molar-refractivity contribution in [3.8, 4) is 5.75 Å². The zero-order valence-electron chi connectivity index (χ0n) is 13.2. The Kier molecular flexibility index (Phi) is 4.29. The van der Waals surface area contributed by atoms with Gasteiger partial charge in [-0.25, -0.2) is 14.2 Å². The third-order valence-electron chi connectivity index (χ3n) is 3.52. The first-order valence-corrected chi connectivity index (χ1v) is 7.21. The van der Waals surface area contributed by atoms with Crippen LogP contribution < -0.4 is 10.1 Å². The number of anilines is 2. The molecule has 0 radical (unpaired) electrons. The van der Waals surface area contributed by atoms with E-state index in [4.69, 9.17) is 9.47 Å². The highest BCUT2D eigenvalue weighted by Gasteiger charge is 2.15. The predicted molar refractivity (Wildman–Crippen MR) is 89.3 cm³/mol. The molecule has 3 aromatic rings. The molecule has 24 heavy (non-hydrogen) atoms. The molecule has 3 rings (SSSR count). The van der Waals surface area contributed by atoms with Crippen molar-refractivity contribution in [2.24, 2.45) is 0 Å². The van der Waals surface area contributed by atoms with E-state index in [0.29, 0.717) is 22.6 Å². The zero-order chi connectivity index (χ0) is 17.1. The molecule has 5 nitrogen and oxygen atoms in total. The fourth-order valence-electron chi connectivity index (χ4n) is 2.42. The van der Waals surface area contributed by atoms with Gasteiger partial charge in [-0.15, -0.1) is 0 Å². The van der Waals surface area contributed by atoms with E-state index in [1.807, 2.05) is 12.1 Å². The smallest absolute Gasteiger partial charge is 0.356 e. The molecule has 0 atom stereocenters. The molecule has 0 aliphatic rings. The van der Waals surface area contributed by atoms with E-state index < -0.39 is 5.97 Å². The van der Waals surface area contributed by atoms with Gasteiger partial charge in [-0.1, -0.05) is 18.2 Å². The van der Waals surface area contributed by atoms with E-state index in [1.54, 1.807) is 24.3 Å². The molecule has 0 aliphatic carbocycles. The van der Waals surface area contributed by atoms with Gasteiger partial charge >= 0.3 is 5.97 Å². The summed E-state index contributed by atoms with van der Waals surface area (Å²) in [6, 6.07) is 13.0. The number of carbonyl (C=O) groups is 1. The minimum Gasteiger partial charge on any atom is -0.494 e. The molecule has 0 bridgehead atoms. The summed E-state index contributed by atoms with van der Waals surface area (Å²) in [5.74, 6) is -0.394. The number of halogens is 1. The lowest BCUT2D eigenvalue weighted by atomic mass is 10.1. The number of hydrogen-bond donors (Lipinski definition) is 1. The molecule has 0 spiro atoms. The van der Waals surface area contributed by atoms with Gasteiger partial charge in [-0.05, 0) is 30.3 Å². The first kappa shape index (κ1) is 15.7. The number of esters is 1. The standard InChI is InChI=1S/C18H15FN2O3/c1-23-16-8-4-7-13-14(20-12-6-3-5-11(19)9-12)10-15(18(22)24-2)21-17(13)16/h3-10H,1-2H3,(H,20,21). The van der Waals surface area contributed by atoms with E-state index in [9.17, 15) is 9.18 Å². The predicted octanol–water partition coefficient (Wildman–Crippen LogP) is 3.91. The van der Waals surface area contributed by atoms with Crippen molar-refractivity contribution in [3.63, 3.8) is 0 Å². The summed E-state index contributed by atoms with van der Waals surface area (Å²) in [7, 11) is 2.82. The number of benzene rings is 2. The first-order valence-electron chi connectivity index (χ1n) is 7.21. The second-order valence-corrected chi connectivity index (χ2v) is 5.04. The van der Waals surface area contributed by atoms with Crippen molar-refractivity contribution in [3.05, 3.63) is 60.0 Å². The van der Waals surface area contributed by atoms with Crippen molar-refractivity contribution in [2.75, 3.05) is 19.5 Å². The van der Waals surface area contributed by atoms with Gasteiger partial charge in [0.25, 0.3) is 0 Å². The van der Waals surface area contributed by atoms with Crippen molar-refractivity contribution >= 4 is 28.2 Å². The lowest BCUT2D eigenvalue weighted by molar-refractivity contribution is 0.0594. The van der Waals surface area contributed by atoms with Crippen LogP contribution in [0.15, 0.2) is 48.5 Å². The topological polar surface area (TPSA) is 60.5 Å². The van der Waals surface area contributed by atoms with Gasteiger partial charge in [0.2, 0.25) is 0 Å². The Morgan fingerprint density at radius 2 is 1.92 bits per heavy atom. The molecule has 1 aromatic heterocycles. The van der Waals surface area contributed by atoms with Crippen LogP contribution in [0.4, 0.5) is 15.8 Å². The van der Waals surface area contributed by atoms with Crippen LogP contribution in [-0.4, -0.2) is 25.2 Å². The summed E-state index contributed by atoms with van der Waals surface area (Å²) in [6.07, 6.45) is 0. The molecule has 122 valence electrons. The largest absolute Gasteiger partial charge is 0.494 e. The second kappa shape index (κ2) is 6.54. The van der Waals surface area contributed by atoms with E-state index in [2.05, 4.69) is 10.3 Å². The van der Waals surface area contributed by atoms with E-state index in [-0.39, 0.29) is 11.5 Å². The number of ether oxygens (including phenoxy) is 2. The summed E-state index contributed by atoms with van der Waals surface area (Å²) >= 11 is 0. The number of aromatic nitrogens is 1. The maximum Gasteiger partial charge on any atom is 0.356 e. The minimum atomic E-state index is -0.565. The van der Waals surface area contributed by atoms with Gasteiger partial charge in [0, 0.05) is 11.1 Å². The summed E-state index contributed by atoms with van der Waals surface area (Å²) in [5.41, 5.74) is 1.81. The number of nitrogens with one attached hydrogen (secondary N) is 1. The molecule has 0 saturated heterocycles. The summed E-state index contributed by atoms with van der Waals surface area (Å²) in [4.78, 5) is 16.2. The average molecular weight is 326 g/mol. The van der Waals surface area contributed by atoms with Crippen LogP contribution >= 0.6 is 0 Å². The van der Waals surface area contributed by atoms with Gasteiger partial charge in [0.05, 0.1) is 19.9 Å². The zero-order valence-corrected chi connectivity index (χ0v) is 13.2. The van der Waals surface area contributed by atoms with Gasteiger partial charge in [-0.3, -0.25) is 0 Å². The Hall–Kier alpha value is -3.15. The molecule has 0 fully saturated rings. The maximum atomic E-state index is 13.4. The summed E-state index contributed by atoms with van der Waals surface area (Å²) < 4.78 is 23.5. The highest BCUT2D eigenvalue weighted by atomic mass is 19.1. The fourth-order valence-corrected chi connectivity index (χ4v) is 2.42. The lowest BCUT2D eigenvalue weighted by Gasteiger charge is -2.13. The number of fused-ring (bicyclic) bond motifs is 1. The van der Waals surface area contributed by atoms with Gasteiger partial charge in [0.1, 0.15) is 17.1 Å². The minimum absolute atomic E-state index is 0.133. The highest BCUT2D eigenvalue weighted by molar-refractivity contribution is 6.00. The van der Waals surface area contributed by atoms with Crippen molar-refractivity contribution in [1.82, 2.24) is 4.98 Å². The Labute approximate surface area is 138 Å². The van der Waals surface area contributed by atoms with Gasteiger partial charge in [-0.2, -0.15) is 0 Å². The van der Waals surface area contributed by atoms with Crippen molar-refractivity contribution in [1.29, 1.82) is 0 Å².